The first-order valence-corrected chi connectivity index (χ1v) is 8.00. The summed E-state index contributed by atoms with van der Waals surface area (Å²) in [5, 5.41) is 11.8. The van der Waals surface area contributed by atoms with E-state index < -0.39 is 12.0 Å². The number of benzene rings is 2. The highest BCUT2D eigenvalue weighted by atomic mass is 19.1. The van der Waals surface area contributed by atoms with E-state index >= 15 is 0 Å². The summed E-state index contributed by atoms with van der Waals surface area (Å²) in [6.07, 6.45) is 0.665. The van der Waals surface area contributed by atoms with Crippen LogP contribution in [0.15, 0.2) is 42.5 Å². The molecular formula is C19H22FNO4. The van der Waals surface area contributed by atoms with Crippen LogP contribution in [-0.4, -0.2) is 30.8 Å². The second-order valence-electron chi connectivity index (χ2n) is 5.67. The maximum Gasteiger partial charge on any atom is 0.320 e. The Kier molecular flexibility index (Phi) is 6.77. The average Bonchev–Trinajstić information content (AvgIpc) is 2.60. The number of halogens is 1. The molecule has 1 atom stereocenters. The zero-order valence-electron chi connectivity index (χ0n) is 14.3. The van der Waals surface area contributed by atoms with Crippen molar-refractivity contribution in [1.29, 1.82) is 0 Å². The maximum atomic E-state index is 13.2. The largest absolute Gasteiger partial charge is 0.493 e. The van der Waals surface area contributed by atoms with E-state index in [1.165, 1.54) is 12.1 Å². The average molecular weight is 347 g/mol. The monoisotopic (exact) mass is 347 g/mol. The van der Waals surface area contributed by atoms with Crippen molar-refractivity contribution in [2.45, 2.75) is 26.0 Å². The minimum Gasteiger partial charge on any atom is -0.493 e. The molecule has 2 aromatic carbocycles. The van der Waals surface area contributed by atoms with Gasteiger partial charge in [0.05, 0.1) is 7.11 Å². The van der Waals surface area contributed by atoms with Gasteiger partial charge in [-0.15, -0.1) is 0 Å². The lowest BCUT2D eigenvalue weighted by molar-refractivity contribution is -0.138. The molecule has 0 saturated carbocycles. The molecule has 0 fully saturated rings. The molecule has 0 heterocycles. The second kappa shape index (κ2) is 9.03. The van der Waals surface area contributed by atoms with Crippen LogP contribution in [0, 0.1) is 5.82 Å². The fraction of sp³-hybridized carbons (Fsp3) is 0.316. The summed E-state index contributed by atoms with van der Waals surface area (Å²) in [6, 6.07) is 11.2. The summed E-state index contributed by atoms with van der Waals surface area (Å²) < 4.78 is 24.3. The zero-order chi connectivity index (χ0) is 18.2. The number of hydrogen-bond acceptors (Lipinski definition) is 4. The van der Waals surface area contributed by atoms with Crippen molar-refractivity contribution in [2.75, 3.05) is 13.7 Å². The van der Waals surface area contributed by atoms with Crippen LogP contribution in [0.4, 0.5) is 4.39 Å². The Morgan fingerprint density at radius 2 is 2.00 bits per heavy atom. The number of rotatable bonds is 9. The van der Waals surface area contributed by atoms with Gasteiger partial charge in [-0.1, -0.05) is 18.2 Å². The van der Waals surface area contributed by atoms with Crippen molar-refractivity contribution in [1.82, 2.24) is 5.32 Å². The topological polar surface area (TPSA) is 67.8 Å². The first-order valence-electron chi connectivity index (χ1n) is 8.00. The summed E-state index contributed by atoms with van der Waals surface area (Å²) in [5.74, 6) is -0.0206. The molecule has 2 N–H and O–H groups in total. The molecule has 0 radical (unpaired) electrons. The van der Waals surface area contributed by atoms with Crippen molar-refractivity contribution in [3.05, 3.63) is 59.4 Å². The number of carbonyl (C=O) groups is 1. The van der Waals surface area contributed by atoms with Crippen LogP contribution in [0.25, 0.3) is 0 Å². The molecule has 2 aromatic rings. The van der Waals surface area contributed by atoms with E-state index in [0.29, 0.717) is 24.5 Å². The Bertz CT molecular complexity index is 720. The molecule has 0 bridgehead atoms. The molecule has 134 valence electrons. The van der Waals surface area contributed by atoms with Gasteiger partial charge in [0.2, 0.25) is 0 Å². The Morgan fingerprint density at radius 3 is 2.68 bits per heavy atom. The highest BCUT2D eigenvalue weighted by molar-refractivity contribution is 5.72. The van der Waals surface area contributed by atoms with Crippen LogP contribution in [0.2, 0.25) is 0 Å². The van der Waals surface area contributed by atoms with Gasteiger partial charge >= 0.3 is 5.97 Å². The number of aliphatic carboxylic acids is 1. The number of methoxy groups -OCH3 is 1. The molecule has 5 nitrogen and oxygen atoms in total. The summed E-state index contributed by atoms with van der Waals surface area (Å²) in [4.78, 5) is 10.8. The summed E-state index contributed by atoms with van der Waals surface area (Å²) in [7, 11) is 1.55. The van der Waals surface area contributed by atoms with E-state index in [4.69, 9.17) is 14.6 Å². The van der Waals surface area contributed by atoms with Gasteiger partial charge in [-0.3, -0.25) is 4.79 Å². The highest BCUT2D eigenvalue weighted by Gasteiger charge is 2.10. The highest BCUT2D eigenvalue weighted by Crippen LogP contribution is 2.29. The van der Waals surface area contributed by atoms with Gasteiger partial charge in [0.15, 0.2) is 11.5 Å². The first kappa shape index (κ1) is 18.7. The lowest BCUT2D eigenvalue weighted by atomic mass is 10.1. The van der Waals surface area contributed by atoms with Crippen molar-refractivity contribution >= 4 is 5.97 Å². The van der Waals surface area contributed by atoms with E-state index in [2.05, 4.69) is 5.32 Å². The van der Waals surface area contributed by atoms with E-state index in [-0.39, 0.29) is 12.4 Å². The van der Waals surface area contributed by atoms with Gasteiger partial charge in [0, 0.05) is 0 Å². The lowest BCUT2D eigenvalue weighted by Gasteiger charge is -2.13. The van der Waals surface area contributed by atoms with Crippen LogP contribution in [0.3, 0.4) is 0 Å². The number of nitrogens with one attached hydrogen (secondary N) is 1. The number of ether oxygens (including phenoxy) is 2. The van der Waals surface area contributed by atoms with Crippen LogP contribution in [0.5, 0.6) is 11.5 Å². The third-order valence-corrected chi connectivity index (χ3v) is 3.75. The van der Waals surface area contributed by atoms with Crippen molar-refractivity contribution < 1.29 is 23.8 Å². The third-order valence-electron chi connectivity index (χ3n) is 3.75. The van der Waals surface area contributed by atoms with Gasteiger partial charge in [-0.25, -0.2) is 4.39 Å². The van der Waals surface area contributed by atoms with E-state index in [1.807, 2.05) is 12.1 Å². The Labute approximate surface area is 146 Å². The van der Waals surface area contributed by atoms with Crippen LogP contribution in [-0.2, 0) is 17.8 Å². The summed E-state index contributed by atoms with van der Waals surface area (Å²) in [5.41, 5.74) is 1.73. The summed E-state index contributed by atoms with van der Waals surface area (Å²) >= 11 is 0. The zero-order valence-corrected chi connectivity index (χ0v) is 14.3. The quantitative estimate of drug-likeness (QED) is 0.730. The molecule has 25 heavy (non-hydrogen) atoms. The molecule has 0 aliphatic rings. The summed E-state index contributed by atoms with van der Waals surface area (Å²) in [6.45, 7) is 2.39. The van der Waals surface area contributed by atoms with Gasteiger partial charge in [0.25, 0.3) is 0 Å². The molecule has 0 spiro atoms. The molecule has 6 heteroatoms. The van der Waals surface area contributed by atoms with Crippen molar-refractivity contribution in [3.8, 4) is 11.5 Å². The van der Waals surface area contributed by atoms with Crippen LogP contribution < -0.4 is 14.8 Å². The van der Waals surface area contributed by atoms with E-state index in [9.17, 15) is 9.18 Å². The molecule has 2 rings (SSSR count). The van der Waals surface area contributed by atoms with E-state index in [1.54, 1.807) is 32.2 Å². The van der Waals surface area contributed by atoms with Gasteiger partial charge in [0.1, 0.15) is 18.5 Å². The fourth-order valence-corrected chi connectivity index (χ4v) is 2.29. The SMILES string of the molecule is COc1cc(CCNC(C)C(=O)O)ccc1OCc1cccc(F)c1. The van der Waals surface area contributed by atoms with Gasteiger partial charge in [-0.05, 0) is 55.3 Å². The maximum absolute atomic E-state index is 13.2. The van der Waals surface area contributed by atoms with E-state index in [0.717, 1.165) is 11.1 Å². The minimum absolute atomic E-state index is 0.241. The first-order chi connectivity index (χ1) is 12.0. The Morgan fingerprint density at radius 1 is 1.20 bits per heavy atom. The van der Waals surface area contributed by atoms with Gasteiger partial charge in [-0.2, -0.15) is 0 Å². The molecule has 0 aliphatic heterocycles. The Hall–Kier alpha value is -2.60. The smallest absolute Gasteiger partial charge is 0.320 e. The molecule has 1 unspecified atom stereocenters. The predicted molar refractivity (Wildman–Crippen MR) is 92.5 cm³/mol. The van der Waals surface area contributed by atoms with Crippen molar-refractivity contribution in [3.63, 3.8) is 0 Å². The van der Waals surface area contributed by atoms with Gasteiger partial charge < -0.3 is 19.9 Å². The third kappa shape index (κ3) is 5.76. The Balaban J connectivity index is 1.95. The second-order valence-corrected chi connectivity index (χ2v) is 5.67. The fourth-order valence-electron chi connectivity index (χ4n) is 2.29. The normalized spacial score (nSPS) is 11.8. The minimum atomic E-state index is -0.876. The van der Waals surface area contributed by atoms with Crippen LogP contribution >= 0.6 is 0 Å². The molecular weight excluding hydrogens is 325 g/mol. The number of carboxylic acids is 1. The number of hydrogen-bond donors (Lipinski definition) is 2. The standard InChI is InChI=1S/C19H22FNO4/c1-13(19(22)23)21-9-8-14-6-7-17(18(11-14)24-2)25-12-15-4-3-5-16(20)10-15/h3-7,10-11,13,21H,8-9,12H2,1-2H3,(H,22,23). The molecule has 0 aliphatic carbocycles. The van der Waals surface area contributed by atoms with Crippen LogP contribution in [0.1, 0.15) is 18.1 Å². The molecule has 0 aromatic heterocycles. The molecule has 0 saturated heterocycles. The predicted octanol–water partition coefficient (Wildman–Crippen LogP) is 3.02. The lowest BCUT2D eigenvalue weighted by Crippen LogP contribution is -2.34. The molecule has 0 amide bonds. The van der Waals surface area contributed by atoms with Crippen molar-refractivity contribution in [2.24, 2.45) is 0 Å². The number of carboxylic acid groups (broad SMARTS) is 1.